The third-order valence-electron chi connectivity index (χ3n) is 5.64. The van der Waals surface area contributed by atoms with Crippen molar-refractivity contribution < 1.29 is 40.3 Å². The summed E-state index contributed by atoms with van der Waals surface area (Å²) in [6, 6.07) is 6.26. The van der Waals surface area contributed by atoms with Crippen molar-refractivity contribution in [3.8, 4) is 0 Å². The Morgan fingerprint density at radius 3 is 2.57 bits per heavy atom. The molecule has 2 N–H and O–H groups in total. The van der Waals surface area contributed by atoms with Gasteiger partial charge in [-0.15, -0.1) is 4.41 Å². The van der Waals surface area contributed by atoms with E-state index in [0.29, 0.717) is 0 Å². The molecule has 2 aliphatic heterocycles. The molecule has 1 aromatic heterocycles. The van der Waals surface area contributed by atoms with Crippen molar-refractivity contribution >= 4 is 33.4 Å². The minimum absolute atomic E-state index is 0.0517. The summed E-state index contributed by atoms with van der Waals surface area (Å²) in [5.41, 5.74) is 2.15. The van der Waals surface area contributed by atoms with E-state index < -0.39 is 58.4 Å². The van der Waals surface area contributed by atoms with Gasteiger partial charge in [0.05, 0.1) is 18.8 Å². The van der Waals surface area contributed by atoms with Crippen LogP contribution in [0.4, 0.5) is 33.7 Å². The highest BCUT2D eigenvalue weighted by molar-refractivity contribution is 7.89. The summed E-state index contributed by atoms with van der Waals surface area (Å²) in [6.45, 7) is -0.689. The topological polar surface area (TPSA) is 124 Å². The van der Waals surface area contributed by atoms with Gasteiger partial charge in [-0.2, -0.15) is 8.78 Å². The second-order valence-electron chi connectivity index (χ2n) is 8.06. The number of hydrogen-bond acceptors (Lipinski definition) is 8. The number of ether oxygens (including phenoxy) is 1. The van der Waals surface area contributed by atoms with Crippen LogP contribution in [0.25, 0.3) is 0 Å². The van der Waals surface area contributed by atoms with Gasteiger partial charge in [-0.1, -0.05) is 6.07 Å². The summed E-state index contributed by atoms with van der Waals surface area (Å²) in [5.74, 6) is -3.54. The summed E-state index contributed by atoms with van der Waals surface area (Å²) in [6.07, 6.45) is -3.86. The van der Waals surface area contributed by atoms with Crippen molar-refractivity contribution in [1.29, 1.82) is 0 Å². The van der Waals surface area contributed by atoms with Crippen molar-refractivity contribution in [3.63, 3.8) is 0 Å². The molecule has 1 aromatic carbocycles. The average Bonchev–Trinajstić information content (AvgIpc) is 3.06. The van der Waals surface area contributed by atoms with Crippen LogP contribution >= 0.6 is 0 Å². The molecular formula is C21H22F4N6O5S. The lowest BCUT2D eigenvalue weighted by Crippen LogP contribution is -2.43. The van der Waals surface area contributed by atoms with Gasteiger partial charge in [-0.3, -0.25) is 9.69 Å². The van der Waals surface area contributed by atoms with Crippen molar-refractivity contribution in [2.45, 2.75) is 17.6 Å². The number of benzene rings is 1. The highest BCUT2D eigenvalue weighted by Crippen LogP contribution is 2.31. The van der Waals surface area contributed by atoms with Gasteiger partial charge >= 0.3 is 12.5 Å². The highest BCUT2D eigenvalue weighted by atomic mass is 32.2. The number of nitrogens with one attached hydrogen (secondary N) is 2. The smallest absolute Gasteiger partial charge is 0.414 e. The number of halogens is 4. The average molecular weight is 547 g/mol. The van der Waals surface area contributed by atoms with E-state index in [0.717, 1.165) is 21.4 Å². The van der Waals surface area contributed by atoms with Gasteiger partial charge in [0.25, 0.3) is 15.9 Å². The maximum absolute atomic E-state index is 15.1. The monoisotopic (exact) mass is 546 g/mol. The number of nitrogens with zero attached hydrogens (tertiary/aromatic N) is 4. The van der Waals surface area contributed by atoms with Gasteiger partial charge < -0.3 is 15.0 Å². The molecule has 2 aromatic rings. The second-order valence-corrected chi connectivity index (χ2v) is 9.87. The van der Waals surface area contributed by atoms with Crippen LogP contribution in [-0.4, -0.2) is 81.6 Å². The van der Waals surface area contributed by atoms with Crippen LogP contribution in [0, 0.1) is 11.6 Å². The summed E-state index contributed by atoms with van der Waals surface area (Å²) >= 11 is 0. The SMILES string of the molecule is O=C(NC[C@H]1CN(c2cc(F)c(N3CCNN(S(=O)(=O)c4ccccn4)CC3)c(F)c2)C(=O)O1)C(F)F. The Morgan fingerprint density at radius 2 is 1.92 bits per heavy atom. The van der Waals surface area contributed by atoms with Crippen LogP contribution in [0.5, 0.6) is 0 Å². The van der Waals surface area contributed by atoms with E-state index in [4.69, 9.17) is 4.74 Å². The highest BCUT2D eigenvalue weighted by Gasteiger charge is 2.35. The molecule has 2 fully saturated rings. The quantitative estimate of drug-likeness (QED) is 0.495. The number of hydrogen-bond donors (Lipinski definition) is 2. The van der Waals surface area contributed by atoms with Gasteiger partial charge in [-0.05, 0) is 12.1 Å². The first-order valence-corrected chi connectivity index (χ1v) is 12.5. The van der Waals surface area contributed by atoms with E-state index in [2.05, 4.69) is 10.4 Å². The summed E-state index contributed by atoms with van der Waals surface area (Å²) in [5, 5.41) is 1.74. The molecule has 2 saturated heterocycles. The number of amides is 2. The van der Waals surface area contributed by atoms with Gasteiger partial charge in [0.1, 0.15) is 11.8 Å². The van der Waals surface area contributed by atoms with E-state index in [1.807, 2.05) is 5.32 Å². The van der Waals surface area contributed by atoms with Gasteiger partial charge in [0, 0.05) is 44.5 Å². The zero-order chi connectivity index (χ0) is 26.7. The first-order chi connectivity index (χ1) is 17.6. The number of pyridine rings is 1. The number of carbonyl (C=O) groups is 2. The van der Waals surface area contributed by atoms with Crippen molar-refractivity contribution in [2.24, 2.45) is 0 Å². The number of anilines is 2. The maximum atomic E-state index is 15.1. The van der Waals surface area contributed by atoms with Crippen LogP contribution in [0.3, 0.4) is 0 Å². The number of aromatic nitrogens is 1. The fourth-order valence-corrected chi connectivity index (χ4v) is 5.15. The Morgan fingerprint density at radius 1 is 1.19 bits per heavy atom. The Labute approximate surface area is 209 Å². The molecule has 37 heavy (non-hydrogen) atoms. The molecule has 0 aliphatic carbocycles. The largest absolute Gasteiger partial charge is 0.442 e. The minimum atomic E-state index is -3.98. The van der Waals surface area contributed by atoms with Gasteiger partial charge in [0.15, 0.2) is 16.7 Å². The van der Waals surface area contributed by atoms with Crippen LogP contribution in [0.15, 0.2) is 41.6 Å². The Bertz CT molecular complexity index is 1250. The molecule has 200 valence electrons. The van der Waals surface area contributed by atoms with E-state index in [1.165, 1.54) is 23.2 Å². The molecule has 1 atom stereocenters. The fraction of sp³-hybridized carbons (Fsp3) is 0.381. The van der Waals surface area contributed by atoms with Crippen LogP contribution in [-0.2, 0) is 19.6 Å². The molecule has 0 radical (unpaired) electrons. The van der Waals surface area contributed by atoms with Crippen LogP contribution in [0.1, 0.15) is 0 Å². The molecule has 2 aliphatic rings. The van der Waals surface area contributed by atoms with Crippen LogP contribution < -0.4 is 20.5 Å². The van der Waals surface area contributed by atoms with Gasteiger partial charge in [-0.25, -0.2) is 32.4 Å². The molecule has 0 bridgehead atoms. The van der Waals surface area contributed by atoms with E-state index in [-0.39, 0.29) is 43.4 Å². The number of carbonyl (C=O) groups excluding carboxylic acids is 2. The molecule has 16 heteroatoms. The third kappa shape index (κ3) is 5.75. The number of cyclic esters (lactones) is 1. The van der Waals surface area contributed by atoms with E-state index in [1.54, 1.807) is 6.07 Å². The lowest BCUT2D eigenvalue weighted by molar-refractivity contribution is -0.132. The predicted octanol–water partition coefficient (Wildman–Crippen LogP) is 1.08. The minimum Gasteiger partial charge on any atom is -0.442 e. The second kappa shape index (κ2) is 10.9. The summed E-state index contributed by atoms with van der Waals surface area (Å²) < 4.78 is 86.4. The maximum Gasteiger partial charge on any atom is 0.414 e. The number of sulfonamides is 1. The lowest BCUT2D eigenvalue weighted by Gasteiger charge is -2.25. The van der Waals surface area contributed by atoms with E-state index >= 15 is 8.78 Å². The van der Waals surface area contributed by atoms with Crippen molar-refractivity contribution in [3.05, 3.63) is 48.2 Å². The number of rotatable bonds is 7. The summed E-state index contributed by atoms with van der Waals surface area (Å²) in [7, 11) is -3.98. The molecule has 0 unspecified atom stereocenters. The Hall–Kier alpha value is -3.50. The van der Waals surface area contributed by atoms with Crippen molar-refractivity contribution in [2.75, 3.05) is 49.1 Å². The van der Waals surface area contributed by atoms with Gasteiger partial charge in [0.2, 0.25) is 0 Å². The first kappa shape index (κ1) is 26.6. The molecule has 2 amide bonds. The molecular weight excluding hydrogens is 524 g/mol. The first-order valence-electron chi connectivity index (χ1n) is 11.0. The molecule has 3 heterocycles. The fourth-order valence-electron chi connectivity index (χ4n) is 3.89. The Kier molecular flexibility index (Phi) is 7.79. The number of hydrazine groups is 1. The molecule has 11 nitrogen and oxygen atoms in total. The third-order valence-corrected chi connectivity index (χ3v) is 7.30. The standard InChI is InChI=1S/C21H22F4N6O5S/c22-15-9-13(30-12-14(36-21(30)33)11-27-20(32)19(24)25)10-16(23)18(15)29-6-5-28-31(8-7-29)37(34,35)17-3-1-2-4-26-17/h1-4,9-10,14,19,28H,5-8,11-12H2,(H,27,32)/t14-/m0/s1. The van der Waals surface area contributed by atoms with Crippen molar-refractivity contribution in [1.82, 2.24) is 20.1 Å². The summed E-state index contributed by atoms with van der Waals surface area (Å²) in [4.78, 5) is 29.3. The predicted molar refractivity (Wildman–Crippen MR) is 121 cm³/mol. The molecule has 0 spiro atoms. The normalized spacial score (nSPS) is 19.2. The zero-order valence-corrected chi connectivity index (χ0v) is 19.9. The van der Waals surface area contributed by atoms with Crippen LogP contribution in [0.2, 0.25) is 0 Å². The zero-order valence-electron chi connectivity index (χ0n) is 19.1. The Balaban J connectivity index is 1.45. The molecule has 0 saturated carbocycles. The molecule has 4 rings (SSSR count). The van der Waals surface area contributed by atoms with E-state index in [9.17, 15) is 26.8 Å². The lowest BCUT2D eigenvalue weighted by atomic mass is 10.2. The number of alkyl halides is 2.